The summed E-state index contributed by atoms with van der Waals surface area (Å²) in [6.07, 6.45) is 3.63. The molecule has 6 heteroatoms. The molecule has 3 rings (SSSR count). The Kier molecular flexibility index (Phi) is 4.17. The molecule has 1 aliphatic carbocycles. The molecule has 2 aromatic rings. The van der Waals surface area contributed by atoms with Crippen LogP contribution in [-0.4, -0.2) is 33.7 Å². The van der Waals surface area contributed by atoms with Crippen LogP contribution in [0, 0.1) is 12.3 Å². The van der Waals surface area contributed by atoms with Crippen LogP contribution in [0.5, 0.6) is 0 Å². The first-order chi connectivity index (χ1) is 11.0. The van der Waals surface area contributed by atoms with Crippen molar-refractivity contribution in [1.29, 1.82) is 0 Å². The zero-order valence-electron chi connectivity index (χ0n) is 13.2. The van der Waals surface area contributed by atoms with E-state index in [9.17, 15) is 14.7 Å². The van der Waals surface area contributed by atoms with E-state index in [1.54, 1.807) is 6.07 Å². The molecule has 0 unspecified atom stereocenters. The van der Waals surface area contributed by atoms with Gasteiger partial charge in [0.1, 0.15) is 0 Å². The molecule has 1 amide bonds. The van der Waals surface area contributed by atoms with E-state index in [4.69, 9.17) is 0 Å². The highest BCUT2D eigenvalue weighted by molar-refractivity contribution is 5.80. The fourth-order valence-corrected chi connectivity index (χ4v) is 2.66. The molecule has 0 atom stereocenters. The molecular formula is C17H21N3O3. The highest BCUT2D eigenvalue weighted by atomic mass is 16.3. The van der Waals surface area contributed by atoms with Gasteiger partial charge < -0.3 is 10.4 Å². The normalized spacial score (nSPS) is 15.6. The van der Waals surface area contributed by atoms with E-state index in [1.165, 1.54) is 10.9 Å². The summed E-state index contributed by atoms with van der Waals surface area (Å²) in [5.74, 6) is -0.110. The van der Waals surface area contributed by atoms with Crippen LogP contribution in [0.1, 0.15) is 24.8 Å². The van der Waals surface area contributed by atoms with Crippen LogP contribution in [0.2, 0.25) is 0 Å². The summed E-state index contributed by atoms with van der Waals surface area (Å²) in [5, 5.41) is 12.6. The van der Waals surface area contributed by atoms with Crippen LogP contribution >= 0.6 is 0 Å². The van der Waals surface area contributed by atoms with E-state index < -0.39 is 0 Å². The van der Waals surface area contributed by atoms with Gasteiger partial charge in [-0.15, -0.1) is 0 Å². The van der Waals surface area contributed by atoms with Gasteiger partial charge in [0.25, 0.3) is 5.56 Å². The number of para-hydroxylation sites is 1. The van der Waals surface area contributed by atoms with E-state index in [2.05, 4.69) is 10.3 Å². The monoisotopic (exact) mass is 315 g/mol. The predicted octanol–water partition coefficient (Wildman–Crippen LogP) is 0.984. The SMILES string of the molecule is Cc1cccc2c(=O)n(CCC(=O)NCC3(CO)CC3)cnc12. The second kappa shape index (κ2) is 6.12. The molecule has 0 radical (unpaired) electrons. The molecule has 122 valence electrons. The average Bonchev–Trinajstić information content (AvgIpc) is 3.34. The molecule has 1 fully saturated rings. The van der Waals surface area contributed by atoms with Gasteiger partial charge in [-0.05, 0) is 31.4 Å². The lowest BCUT2D eigenvalue weighted by Crippen LogP contribution is -2.33. The maximum atomic E-state index is 12.4. The Balaban J connectivity index is 1.64. The molecule has 1 aromatic heterocycles. The first kappa shape index (κ1) is 15.7. The fourth-order valence-electron chi connectivity index (χ4n) is 2.66. The van der Waals surface area contributed by atoms with Crippen LogP contribution < -0.4 is 10.9 Å². The summed E-state index contributed by atoms with van der Waals surface area (Å²) in [6.45, 7) is 2.84. The van der Waals surface area contributed by atoms with E-state index >= 15 is 0 Å². The van der Waals surface area contributed by atoms with Gasteiger partial charge in [-0.1, -0.05) is 12.1 Å². The molecule has 0 bridgehead atoms. The van der Waals surface area contributed by atoms with Crippen molar-refractivity contribution in [2.45, 2.75) is 32.7 Å². The van der Waals surface area contributed by atoms with Gasteiger partial charge in [-0.2, -0.15) is 0 Å². The molecule has 0 aliphatic heterocycles. The summed E-state index contributed by atoms with van der Waals surface area (Å²) in [7, 11) is 0. The van der Waals surface area contributed by atoms with E-state index in [-0.39, 0.29) is 29.9 Å². The molecule has 1 aromatic carbocycles. The van der Waals surface area contributed by atoms with E-state index in [0.717, 1.165) is 18.4 Å². The van der Waals surface area contributed by atoms with Crippen LogP contribution in [0.4, 0.5) is 0 Å². The Morgan fingerprint density at radius 3 is 2.91 bits per heavy atom. The number of aliphatic hydroxyl groups excluding tert-OH is 1. The predicted molar refractivity (Wildman–Crippen MR) is 87.1 cm³/mol. The minimum Gasteiger partial charge on any atom is -0.396 e. The van der Waals surface area contributed by atoms with Gasteiger partial charge in [0.05, 0.1) is 23.8 Å². The number of aliphatic hydroxyl groups is 1. The zero-order chi connectivity index (χ0) is 16.4. The first-order valence-corrected chi connectivity index (χ1v) is 7.87. The lowest BCUT2D eigenvalue weighted by Gasteiger charge is -2.13. The quantitative estimate of drug-likeness (QED) is 0.832. The Bertz CT molecular complexity index is 793. The average molecular weight is 315 g/mol. The largest absolute Gasteiger partial charge is 0.396 e. The number of carbonyl (C=O) groups is 1. The number of nitrogens with zero attached hydrogens (tertiary/aromatic N) is 2. The maximum absolute atomic E-state index is 12.4. The second-order valence-corrected chi connectivity index (χ2v) is 6.40. The summed E-state index contributed by atoms with van der Waals surface area (Å²) in [5.41, 5.74) is 1.44. The standard InChI is InChI=1S/C17H21N3O3/c1-12-3-2-4-13-15(12)19-11-20(16(13)23)8-5-14(22)18-9-17(10-21)6-7-17/h2-4,11,21H,5-10H2,1H3,(H,18,22). The summed E-state index contributed by atoms with van der Waals surface area (Å²) in [6, 6.07) is 5.51. The summed E-state index contributed by atoms with van der Waals surface area (Å²) in [4.78, 5) is 28.7. The Morgan fingerprint density at radius 2 is 2.22 bits per heavy atom. The summed E-state index contributed by atoms with van der Waals surface area (Å²) >= 11 is 0. The first-order valence-electron chi connectivity index (χ1n) is 7.87. The minimum atomic E-state index is -0.125. The molecule has 1 saturated carbocycles. The lowest BCUT2D eigenvalue weighted by molar-refractivity contribution is -0.121. The van der Waals surface area contributed by atoms with Crippen LogP contribution in [-0.2, 0) is 11.3 Å². The van der Waals surface area contributed by atoms with Crippen molar-refractivity contribution < 1.29 is 9.90 Å². The fraction of sp³-hybridized carbons (Fsp3) is 0.471. The Morgan fingerprint density at radius 1 is 1.43 bits per heavy atom. The smallest absolute Gasteiger partial charge is 0.261 e. The van der Waals surface area contributed by atoms with Crippen molar-refractivity contribution in [1.82, 2.24) is 14.9 Å². The number of nitrogens with one attached hydrogen (secondary N) is 1. The van der Waals surface area contributed by atoms with Crippen molar-refractivity contribution in [3.63, 3.8) is 0 Å². The molecular weight excluding hydrogens is 294 g/mol. The van der Waals surface area contributed by atoms with Gasteiger partial charge in [0.2, 0.25) is 5.91 Å². The van der Waals surface area contributed by atoms with Crippen molar-refractivity contribution in [2.24, 2.45) is 5.41 Å². The van der Waals surface area contributed by atoms with Gasteiger partial charge >= 0.3 is 0 Å². The van der Waals surface area contributed by atoms with E-state index in [1.807, 2.05) is 19.1 Å². The molecule has 0 spiro atoms. The summed E-state index contributed by atoms with van der Waals surface area (Å²) < 4.78 is 1.47. The topological polar surface area (TPSA) is 84.2 Å². The number of hydrogen-bond acceptors (Lipinski definition) is 4. The lowest BCUT2D eigenvalue weighted by atomic mass is 10.1. The maximum Gasteiger partial charge on any atom is 0.261 e. The van der Waals surface area contributed by atoms with Gasteiger partial charge in [0.15, 0.2) is 0 Å². The highest BCUT2D eigenvalue weighted by Crippen LogP contribution is 2.44. The molecule has 0 saturated heterocycles. The van der Waals surface area contributed by atoms with Crippen molar-refractivity contribution in [3.8, 4) is 0 Å². The number of benzene rings is 1. The second-order valence-electron chi connectivity index (χ2n) is 6.40. The van der Waals surface area contributed by atoms with Crippen LogP contribution in [0.25, 0.3) is 10.9 Å². The molecule has 2 N–H and O–H groups in total. The van der Waals surface area contributed by atoms with Crippen LogP contribution in [0.3, 0.4) is 0 Å². The number of aromatic nitrogens is 2. The molecule has 23 heavy (non-hydrogen) atoms. The number of amides is 1. The van der Waals surface area contributed by atoms with Gasteiger partial charge in [-0.25, -0.2) is 4.98 Å². The van der Waals surface area contributed by atoms with E-state index in [0.29, 0.717) is 24.0 Å². The Labute approximate surface area is 134 Å². The van der Waals surface area contributed by atoms with Gasteiger partial charge in [-0.3, -0.25) is 14.2 Å². The zero-order valence-corrected chi connectivity index (χ0v) is 13.2. The number of hydrogen-bond donors (Lipinski definition) is 2. The number of rotatable bonds is 6. The number of aryl methyl sites for hydroxylation is 2. The third-order valence-electron chi connectivity index (χ3n) is 4.59. The third kappa shape index (κ3) is 3.27. The molecule has 1 aliphatic rings. The van der Waals surface area contributed by atoms with Gasteiger partial charge in [0, 0.05) is 24.9 Å². The molecule has 6 nitrogen and oxygen atoms in total. The number of fused-ring (bicyclic) bond motifs is 1. The Hall–Kier alpha value is -2.21. The third-order valence-corrected chi connectivity index (χ3v) is 4.59. The highest BCUT2D eigenvalue weighted by Gasteiger charge is 2.41. The molecule has 1 heterocycles. The van der Waals surface area contributed by atoms with Crippen LogP contribution in [0.15, 0.2) is 29.3 Å². The van der Waals surface area contributed by atoms with Crippen molar-refractivity contribution >= 4 is 16.8 Å². The van der Waals surface area contributed by atoms with Crippen molar-refractivity contribution in [3.05, 3.63) is 40.4 Å². The minimum absolute atomic E-state index is 0.103. The number of carbonyl (C=O) groups excluding carboxylic acids is 1. The van der Waals surface area contributed by atoms with Crippen molar-refractivity contribution in [2.75, 3.05) is 13.2 Å².